The smallest absolute Gasteiger partial charge is 0.345 e. The van der Waals surface area contributed by atoms with Crippen LogP contribution >= 0.6 is 11.3 Å². The molecule has 0 aliphatic carbocycles. The molecule has 1 aromatic heterocycles. The van der Waals surface area contributed by atoms with E-state index in [2.05, 4.69) is 4.98 Å². The van der Waals surface area contributed by atoms with E-state index in [9.17, 15) is 24.9 Å². The summed E-state index contributed by atoms with van der Waals surface area (Å²) in [5.74, 6) is -0.924. The molecule has 10 heteroatoms. The van der Waals surface area contributed by atoms with E-state index in [4.69, 9.17) is 5.73 Å². The molecule has 0 aliphatic heterocycles. The molecule has 0 bridgehead atoms. The van der Waals surface area contributed by atoms with Crippen molar-refractivity contribution in [2.24, 2.45) is 5.73 Å². The summed E-state index contributed by atoms with van der Waals surface area (Å²) in [5, 5.41) is 20.1. The summed E-state index contributed by atoms with van der Waals surface area (Å²) in [6.45, 7) is 0. The Kier molecular flexibility index (Phi) is 6.69. The van der Waals surface area contributed by atoms with E-state index in [1.807, 2.05) is 0 Å². The highest BCUT2D eigenvalue weighted by atomic mass is 32.1. The van der Waals surface area contributed by atoms with E-state index in [-0.39, 0.29) is 22.5 Å². The van der Waals surface area contributed by atoms with Crippen molar-refractivity contribution >= 4 is 33.3 Å². The van der Waals surface area contributed by atoms with Gasteiger partial charge in [0.25, 0.3) is 5.91 Å². The molecule has 116 valence electrons. The van der Waals surface area contributed by atoms with Crippen LogP contribution in [0.15, 0.2) is 6.20 Å². The van der Waals surface area contributed by atoms with Gasteiger partial charge in [-0.1, -0.05) is 12.8 Å². The number of carbonyl (C=O) groups excluding carboxylic acids is 2. The van der Waals surface area contributed by atoms with E-state index in [1.54, 1.807) is 0 Å². The van der Waals surface area contributed by atoms with Crippen LogP contribution in [0, 0.1) is 10.1 Å². The van der Waals surface area contributed by atoms with Gasteiger partial charge in [-0.3, -0.25) is 24.9 Å². The van der Waals surface area contributed by atoms with E-state index in [1.165, 1.54) is 0 Å². The van der Waals surface area contributed by atoms with Crippen LogP contribution in [0.3, 0.4) is 0 Å². The van der Waals surface area contributed by atoms with Crippen LogP contribution < -0.4 is 10.8 Å². The fourth-order valence-electron chi connectivity index (χ4n) is 1.58. The fourth-order valence-corrected chi connectivity index (χ4v) is 2.24. The number of nitrogens with two attached hydrogens (primary N) is 1. The van der Waals surface area contributed by atoms with Crippen LogP contribution in [0.5, 0.6) is 0 Å². The zero-order chi connectivity index (χ0) is 15.8. The number of rotatable bonds is 9. The molecule has 21 heavy (non-hydrogen) atoms. The average molecular weight is 316 g/mol. The Morgan fingerprint density at radius 3 is 2.48 bits per heavy atom. The Bertz CT molecular complexity index is 518. The van der Waals surface area contributed by atoms with Crippen molar-refractivity contribution in [1.29, 1.82) is 0 Å². The van der Waals surface area contributed by atoms with Crippen LogP contribution in [0.1, 0.15) is 38.5 Å². The monoisotopic (exact) mass is 316 g/mol. The third-order valence-electron chi connectivity index (χ3n) is 2.64. The highest BCUT2D eigenvalue weighted by molar-refractivity contribution is 7.18. The lowest BCUT2D eigenvalue weighted by Crippen LogP contribution is -2.26. The first-order valence-corrected chi connectivity index (χ1v) is 7.14. The van der Waals surface area contributed by atoms with Gasteiger partial charge in [0.05, 0.1) is 4.92 Å². The van der Waals surface area contributed by atoms with Gasteiger partial charge < -0.3 is 5.73 Å². The number of nitrogens with zero attached hydrogens (tertiary/aromatic N) is 3. The van der Waals surface area contributed by atoms with Crippen LogP contribution in [0.25, 0.3) is 0 Å². The van der Waals surface area contributed by atoms with Crippen molar-refractivity contribution in [2.45, 2.75) is 38.5 Å². The van der Waals surface area contributed by atoms with Crippen LogP contribution in [0.2, 0.25) is 0 Å². The van der Waals surface area contributed by atoms with Crippen molar-refractivity contribution < 1.29 is 19.7 Å². The standard InChI is InChI=1S/C11H16N4O5S/c12-8(16)5-3-1-2-4-6-9(17)14(18)11-13-7-10(21-11)15(19)20/h7,18H,1-6H2,(H2,12,16). The maximum absolute atomic E-state index is 11.7. The van der Waals surface area contributed by atoms with Crippen molar-refractivity contribution in [2.75, 3.05) is 5.06 Å². The number of hydrogen-bond acceptors (Lipinski definition) is 7. The molecular formula is C11H16N4O5S. The Labute approximate surface area is 124 Å². The molecule has 2 amide bonds. The molecule has 0 saturated carbocycles. The van der Waals surface area contributed by atoms with E-state index < -0.39 is 10.8 Å². The SMILES string of the molecule is NC(=O)CCCCCCC(=O)N(O)c1ncc([N+](=O)[O-])s1. The fraction of sp³-hybridized carbons (Fsp3) is 0.545. The number of unbranched alkanes of at least 4 members (excludes halogenated alkanes) is 3. The summed E-state index contributed by atoms with van der Waals surface area (Å²) in [4.78, 5) is 35.6. The maximum Gasteiger partial charge on any atom is 0.345 e. The summed E-state index contributed by atoms with van der Waals surface area (Å²) >= 11 is 0.621. The van der Waals surface area contributed by atoms with E-state index in [0.717, 1.165) is 19.0 Å². The first-order chi connectivity index (χ1) is 9.91. The molecule has 0 aromatic carbocycles. The predicted molar refractivity (Wildman–Crippen MR) is 74.9 cm³/mol. The molecule has 1 aromatic rings. The minimum Gasteiger partial charge on any atom is -0.370 e. The largest absolute Gasteiger partial charge is 0.370 e. The number of amides is 2. The lowest BCUT2D eigenvalue weighted by Gasteiger charge is -2.10. The predicted octanol–water partition coefficient (Wildman–Crippen LogP) is 1.60. The Hall–Kier alpha value is -2.07. The molecule has 0 fully saturated rings. The first kappa shape index (κ1) is 17.0. The zero-order valence-electron chi connectivity index (χ0n) is 11.2. The quantitative estimate of drug-likeness (QED) is 0.307. The number of nitro groups is 1. The lowest BCUT2D eigenvalue weighted by atomic mass is 10.1. The van der Waals surface area contributed by atoms with Crippen molar-refractivity contribution in [3.63, 3.8) is 0 Å². The molecule has 1 heterocycles. The van der Waals surface area contributed by atoms with Gasteiger partial charge in [0.2, 0.25) is 11.0 Å². The van der Waals surface area contributed by atoms with Gasteiger partial charge in [-0.15, -0.1) is 0 Å². The van der Waals surface area contributed by atoms with Crippen molar-refractivity contribution in [1.82, 2.24) is 4.98 Å². The summed E-state index contributed by atoms with van der Waals surface area (Å²) in [6, 6.07) is 0. The molecule has 1 rings (SSSR count). The normalized spacial score (nSPS) is 10.3. The number of hydrogen-bond donors (Lipinski definition) is 2. The highest BCUT2D eigenvalue weighted by Gasteiger charge is 2.20. The van der Waals surface area contributed by atoms with Gasteiger partial charge in [-0.25, -0.2) is 4.98 Å². The molecule has 0 unspecified atom stereocenters. The minimum atomic E-state index is -0.641. The molecule has 9 nitrogen and oxygen atoms in total. The third kappa shape index (κ3) is 5.83. The second-order valence-electron chi connectivity index (χ2n) is 4.32. The van der Waals surface area contributed by atoms with Gasteiger partial charge in [0, 0.05) is 12.8 Å². The van der Waals surface area contributed by atoms with Gasteiger partial charge >= 0.3 is 5.00 Å². The minimum absolute atomic E-state index is 0.0977. The number of primary amides is 1. The van der Waals surface area contributed by atoms with Gasteiger partial charge in [0.1, 0.15) is 6.20 Å². The molecule has 0 aliphatic rings. The average Bonchev–Trinajstić information content (AvgIpc) is 2.91. The number of anilines is 1. The topological polar surface area (TPSA) is 140 Å². The number of carbonyl (C=O) groups is 2. The molecule has 0 atom stereocenters. The van der Waals surface area contributed by atoms with Crippen LogP contribution in [0.4, 0.5) is 10.1 Å². The summed E-state index contributed by atoms with van der Waals surface area (Å²) in [5.41, 5.74) is 5.00. The summed E-state index contributed by atoms with van der Waals surface area (Å²) in [7, 11) is 0. The number of thiazole rings is 1. The molecular weight excluding hydrogens is 300 g/mol. The van der Waals surface area contributed by atoms with Gasteiger partial charge in [-0.05, 0) is 24.2 Å². The Balaban J connectivity index is 2.30. The first-order valence-electron chi connectivity index (χ1n) is 6.32. The Morgan fingerprint density at radius 1 is 1.33 bits per heavy atom. The zero-order valence-corrected chi connectivity index (χ0v) is 12.0. The van der Waals surface area contributed by atoms with E-state index >= 15 is 0 Å². The number of aromatic nitrogens is 1. The van der Waals surface area contributed by atoms with Crippen molar-refractivity contribution in [3.8, 4) is 0 Å². The van der Waals surface area contributed by atoms with Crippen LogP contribution in [-0.4, -0.2) is 26.9 Å². The molecule has 3 N–H and O–H groups in total. The van der Waals surface area contributed by atoms with Gasteiger partial charge in [-0.2, -0.15) is 5.06 Å². The van der Waals surface area contributed by atoms with Gasteiger partial charge in [0.15, 0.2) is 0 Å². The van der Waals surface area contributed by atoms with Crippen molar-refractivity contribution in [3.05, 3.63) is 16.3 Å². The second-order valence-corrected chi connectivity index (χ2v) is 5.31. The highest BCUT2D eigenvalue weighted by Crippen LogP contribution is 2.27. The summed E-state index contributed by atoms with van der Waals surface area (Å²) in [6.07, 6.45) is 4.12. The molecule has 0 radical (unpaired) electrons. The second kappa shape index (κ2) is 8.27. The summed E-state index contributed by atoms with van der Waals surface area (Å²) < 4.78 is 0. The maximum atomic E-state index is 11.7. The molecule has 0 saturated heterocycles. The van der Waals surface area contributed by atoms with E-state index in [0.29, 0.717) is 35.7 Å². The lowest BCUT2D eigenvalue weighted by molar-refractivity contribution is -0.380. The molecule has 0 spiro atoms. The number of hydroxylamine groups is 1. The third-order valence-corrected chi connectivity index (χ3v) is 3.57. The van der Waals surface area contributed by atoms with Crippen LogP contribution in [-0.2, 0) is 9.59 Å². The Morgan fingerprint density at radius 2 is 1.95 bits per heavy atom.